The highest BCUT2D eigenvalue weighted by Gasteiger charge is 2.10. The normalized spacial score (nSPS) is 14.2. The second-order valence-electron chi connectivity index (χ2n) is 6.05. The summed E-state index contributed by atoms with van der Waals surface area (Å²) in [6.45, 7) is 0. The smallest absolute Gasteiger partial charge is 0.259 e. The van der Waals surface area contributed by atoms with E-state index in [2.05, 4.69) is 20.1 Å². The minimum atomic E-state index is -0.238. The van der Waals surface area contributed by atoms with Gasteiger partial charge in [0.1, 0.15) is 0 Å². The number of aromatic nitrogens is 5. The molecule has 1 saturated carbocycles. The van der Waals surface area contributed by atoms with Crippen molar-refractivity contribution in [3.63, 3.8) is 0 Å². The molecular formula is C17H22N6O. The number of fused-ring (bicyclic) bond motifs is 1. The topological polar surface area (TPSA) is 102 Å². The lowest BCUT2D eigenvalue weighted by Crippen LogP contribution is -2.08. The summed E-state index contributed by atoms with van der Waals surface area (Å²) >= 11 is 0. The Morgan fingerprint density at radius 2 is 1.79 bits per heavy atom. The molecule has 0 aromatic carbocycles. The molecule has 3 aromatic heterocycles. The van der Waals surface area contributed by atoms with Gasteiger partial charge in [0.2, 0.25) is 5.95 Å². The Labute approximate surface area is 139 Å². The summed E-state index contributed by atoms with van der Waals surface area (Å²) < 4.78 is 1.68. The first-order chi connectivity index (χ1) is 11.6. The molecular weight excluding hydrogens is 304 g/mol. The Morgan fingerprint density at radius 3 is 2.38 bits per heavy atom. The number of hydrogen-bond acceptors (Lipinski definition) is 5. The standard InChI is InChI=1S/C11H10N6O.C6H12/c1-17-5-6(2-15-17)7-3-13-10(18)8-4-14-11(12)16-9(7)8;1-2-4-6-5-3-1/h2-5H,1H3,(H,13,18)(H2,12,14,16);1-6H2. The van der Waals surface area contributed by atoms with Gasteiger partial charge in [0.25, 0.3) is 5.56 Å². The highest BCUT2D eigenvalue weighted by Crippen LogP contribution is 2.23. The average molecular weight is 326 g/mol. The molecule has 1 fully saturated rings. The van der Waals surface area contributed by atoms with Gasteiger partial charge in [-0.15, -0.1) is 0 Å². The van der Waals surface area contributed by atoms with E-state index in [-0.39, 0.29) is 11.5 Å². The quantitative estimate of drug-likeness (QED) is 0.715. The molecule has 24 heavy (non-hydrogen) atoms. The maximum Gasteiger partial charge on any atom is 0.259 e. The molecule has 7 nitrogen and oxygen atoms in total. The van der Waals surface area contributed by atoms with E-state index in [1.165, 1.54) is 44.7 Å². The molecule has 0 bridgehead atoms. The molecule has 3 N–H and O–H groups in total. The largest absolute Gasteiger partial charge is 0.368 e. The Kier molecular flexibility index (Phi) is 4.88. The molecule has 0 unspecified atom stereocenters. The fourth-order valence-electron chi connectivity index (χ4n) is 2.89. The zero-order valence-electron chi connectivity index (χ0n) is 13.8. The lowest BCUT2D eigenvalue weighted by molar-refractivity contribution is 0.504. The zero-order valence-corrected chi connectivity index (χ0v) is 13.8. The van der Waals surface area contributed by atoms with Crippen LogP contribution in [0.3, 0.4) is 0 Å². The van der Waals surface area contributed by atoms with Gasteiger partial charge < -0.3 is 10.7 Å². The molecule has 0 amide bonds. The SMILES string of the molecule is C1CCCCC1.Cn1cc(-c2c[nH]c(=O)c3cnc(N)nc23)cn1. The van der Waals surface area contributed by atoms with E-state index in [0.29, 0.717) is 10.9 Å². The molecule has 3 heterocycles. The van der Waals surface area contributed by atoms with Crippen molar-refractivity contribution in [2.75, 3.05) is 5.73 Å². The van der Waals surface area contributed by atoms with Gasteiger partial charge in [-0.3, -0.25) is 9.48 Å². The molecule has 0 radical (unpaired) electrons. The number of nitrogen functional groups attached to an aromatic ring is 1. The number of nitrogens with two attached hydrogens (primary N) is 1. The number of hydrogen-bond donors (Lipinski definition) is 2. The van der Waals surface area contributed by atoms with Crippen molar-refractivity contribution in [3.8, 4) is 11.1 Å². The second-order valence-corrected chi connectivity index (χ2v) is 6.05. The summed E-state index contributed by atoms with van der Waals surface area (Å²) in [6.07, 6.45) is 15.6. The summed E-state index contributed by atoms with van der Waals surface area (Å²) in [4.78, 5) is 22.3. The maximum atomic E-state index is 11.7. The van der Waals surface area contributed by atoms with Crippen molar-refractivity contribution in [3.05, 3.63) is 35.1 Å². The minimum Gasteiger partial charge on any atom is -0.368 e. The van der Waals surface area contributed by atoms with E-state index in [1.807, 2.05) is 13.2 Å². The van der Waals surface area contributed by atoms with E-state index < -0.39 is 0 Å². The van der Waals surface area contributed by atoms with Crippen LogP contribution in [0.1, 0.15) is 38.5 Å². The lowest BCUT2D eigenvalue weighted by atomic mass is 10.0. The van der Waals surface area contributed by atoms with Crippen LogP contribution in [0.2, 0.25) is 0 Å². The third kappa shape index (κ3) is 3.61. The number of anilines is 1. The number of aryl methyl sites for hydroxylation is 1. The summed E-state index contributed by atoms with van der Waals surface area (Å²) in [6, 6.07) is 0. The van der Waals surface area contributed by atoms with Gasteiger partial charge in [-0.05, 0) is 0 Å². The van der Waals surface area contributed by atoms with Crippen LogP contribution in [0.5, 0.6) is 0 Å². The van der Waals surface area contributed by atoms with Gasteiger partial charge in [0.05, 0.1) is 17.1 Å². The summed E-state index contributed by atoms with van der Waals surface area (Å²) in [5.41, 5.74) is 7.49. The Morgan fingerprint density at radius 1 is 1.12 bits per heavy atom. The monoisotopic (exact) mass is 326 g/mol. The van der Waals surface area contributed by atoms with Crippen LogP contribution < -0.4 is 11.3 Å². The number of nitrogens with zero attached hydrogens (tertiary/aromatic N) is 4. The molecule has 1 aliphatic rings. The second kappa shape index (κ2) is 7.25. The molecule has 126 valence electrons. The molecule has 4 rings (SSSR count). The van der Waals surface area contributed by atoms with E-state index in [0.717, 1.165) is 11.1 Å². The number of nitrogens with one attached hydrogen (secondary N) is 1. The van der Waals surface area contributed by atoms with Gasteiger partial charge in [-0.2, -0.15) is 5.10 Å². The van der Waals surface area contributed by atoms with Crippen molar-refractivity contribution < 1.29 is 0 Å². The van der Waals surface area contributed by atoms with Crippen LogP contribution in [-0.4, -0.2) is 24.7 Å². The van der Waals surface area contributed by atoms with Crippen LogP contribution in [0.4, 0.5) is 5.95 Å². The first-order valence-corrected chi connectivity index (χ1v) is 8.28. The first-order valence-electron chi connectivity index (χ1n) is 8.28. The van der Waals surface area contributed by atoms with Crippen molar-refractivity contribution in [1.29, 1.82) is 0 Å². The van der Waals surface area contributed by atoms with Crippen molar-refractivity contribution in [2.24, 2.45) is 7.05 Å². The Hall–Kier alpha value is -2.70. The molecule has 0 spiro atoms. The molecule has 7 heteroatoms. The summed E-state index contributed by atoms with van der Waals surface area (Å²) in [5, 5.41) is 4.50. The van der Waals surface area contributed by atoms with Crippen molar-refractivity contribution in [2.45, 2.75) is 38.5 Å². The van der Waals surface area contributed by atoms with Crippen molar-refractivity contribution in [1.82, 2.24) is 24.7 Å². The maximum absolute atomic E-state index is 11.7. The molecule has 3 aromatic rings. The third-order valence-electron chi connectivity index (χ3n) is 4.17. The molecule has 0 atom stereocenters. The van der Waals surface area contributed by atoms with Crippen LogP contribution >= 0.6 is 0 Å². The third-order valence-corrected chi connectivity index (χ3v) is 4.17. The number of H-pyrrole nitrogens is 1. The average Bonchev–Trinajstić information content (AvgIpc) is 3.03. The highest BCUT2D eigenvalue weighted by molar-refractivity contribution is 5.92. The fraction of sp³-hybridized carbons (Fsp3) is 0.412. The number of aromatic amines is 1. The van der Waals surface area contributed by atoms with Crippen molar-refractivity contribution >= 4 is 16.9 Å². The summed E-state index contributed by atoms with van der Waals surface area (Å²) in [7, 11) is 1.82. The van der Waals surface area contributed by atoms with Gasteiger partial charge >= 0.3 is 0 Å². The van der Waals surface area contributed by atoms with Crippen LogP contribution in [-0.2, 0) is 7.05 Å². The van der Waals surface area contributed by atoms with E-state index in [4.69, 9.17) is 5.73 Å². The predicted molar refractivity (Wildman–Crippen MR) is 94.5 cm³/mol. The number of pyridine rings is 1. The predicted octanol–water partition coefficient (Wildman–Crippen LogP) is 2.64. The van der Waals surface area contributed by atoms with Crippen LogP contribution in [0.15, 0.2) is 29.6 Å². The van der Waals surface area contributed by atoms with Gasteiger partial charge in [0, 0.05) is 36.8 Å². The molecule has 0 aliphatic heterocycles. The lowest BCUT2D eigenvalue weighted by Gasteiger charge is -2.05. The highest BCUT2D eigenvalue weighted by atomic mass is 16.1. The van der Waals surface area contributed by atoms with E-state index >= 15 is 0 Å². The van der Waals surface area contributed by atoms with Gasteiger partial charge in [-0.1, -0.05) is 38.5 Å². The van der Waals surface area contributed by atoms with Crippen LogP contribution in [0.25, 0.3) is 22.0 Å². The minimum absolute atomic E-state index is 0.137. The van der Waals surface area contributed by atoms with E-state index in [1.54, 1.807) is 17.1 Å². The first kappa shape index (κ1) is 16.2. The van der Waals surface area contributed by atoms with Gasteiger partial charge in [0.15, 0.2) is 0 Å². The van der Waals surface area contributed by atoms with Crippen LogP contribution in [0, 0.1) is 0 Å². The Bertz CT molecular complexity index is 867. The van der Waals surface area contributed by atoms with E-state index in [9.17, 15) is 4.79 Å². The fourth-order valence-corrected chi connectivity index (χ4v) is 2.89. The molecule has 1 aliphatic carbocycles. The Balaban J connectivity index is 0.000000238. The molecule has 0 saturated heterocycles. The van der Waals surface area contributed by atoms with Gasteiger partial charge in [-0.25, -0.2) is 9.97 Å². The number of rotatable bonds is 1. The summed E-state index contributed by atoms with van der Waals surface area (Å²) in [5.74, 6) is 0.137. The zero-order chi connectivity index (χ0) is 16.9.